The predicted octanol–water partition coefficient (Wildman–Crippen LogP) is 0.0248. The van der Waals surface area contributed by atoms with Gasteiger partial charge in [0.1, 0.15) is 0 Å². The third-order valence-electron chi connectivity index (χ3n) is 2.44. The first-order valence-electron chi connectivity index (χ1n) is 4.33. The van der Waals surface area contributed by atoms with Crippen molar-refractivity contribution < 1.29 is 12.6 Å². The Bertz CT molecular complexity index is 328. The topological polar surface area (TPSA) is 55.4 Å². The first kappa shape index (κ1) is 9.18. The van der Waals surface area contributed by atoms with Crippen molar-refractivity contribution in [1.82, 2.24) is 5.32 Å². The van der Waals surface area contributed by atoms with Gasteiger partial charge < -0.3 is 5.32 Å². The second kappa shape index (κ2) is 3.08. The fourth-order valence-electron chi connectivity index (χ4n) is 1.98. The number of hydrogen-bond acceptors (Lipinski definition) is 4. The maximum absolute atomic E-state index is 10.9. The number of hydrogen-bond donors (Lipinski definition) is 1. The molecule has 1 heterocycles. The zero-order chi connectivity index (χ0) is 9.47. The van der Waals surface area contributed by atoms with Crippen LogP contribution in [0, 0.1) is 0 Å². The summed E-state index contributed by atoms with van der Waals surface area (Å²) in [5, 5.41) is 3.23. The molecule has 0 atom stereocenters. The summed E-state index contributed by atoms with van der Waals surface area (Å²) in [6, 6.07) is 0. The summed E-state index contributed by atoms with van der Waals surface area (Å²) >= 11 is 0. The van der Waals surface area contributed by atoms with Gasteiger partial charge in [-0.15, -0.1) is 0 Å². The summed E-state index contributed by atoms with van der Waals surface area (Å²) in [4.78, 5) is 0. The fourth-order valence-corrected chi connectivity index (χ4v) is 2.61. The first-order chi connectivity index (χ1) is 6.04. The minimum atomic E-state index is -3.29. The van der Waals surface area contributed by atoms with E-state index < -0.39 is 10.1 Å². The molecule has 2 aliphatic rings. The Morgan fingerprint density at radius 3 is 2.31 bits per heavy atom. The van der Waals surface area contributed by atoms with Crippen LogP contribution in [0.5, 0.6) is 0 Å². The van der Waals surface area contributed by atoms with Gasteiger partial charge in [0, 0.05) is 13.1 Å². The minimum Gasteiger partial charge on any atom is -0.309 e. The smallest absolute Gasteiger partial charge is 0.264 e. The van der Waals surface area contributed by atoms with Crippen molar-refractivity contribution >= 4 is 10.1 Å². The molecule has 5 heteroatoms. The highest BCUT2D eigenvalue weighted by Crippen LogP contribution is 2.31. The van der Waals surface area contributed by atoms with Gasteiger partial charge in [0.15, 0.2) is 0 Å². The summed E-state index contributed by atoms with van der Waals surface area (Å²) in [5.41, 5.74) is 2.68. The third-order valence-corrected chi connectivity index (χ3v) is 3.06. The molecule has 0 unspecified atom stereocenters. The van der Waals surface area contributed by atoms with E-state index in [1.54, 1.807) is 0 Å². The molecule has 74 valence electrons. The van der Waals surface area contributed by atoms with Gasteiger partial charge >= 0.3 is 0 Å². The molecule has 0 amide bonds. The Kier molecular flexibility index (Phi) is 2.17. The SMILES string of the molecule is CS(=O)(=O)OC1CC2=C(CNC2)C1. The van der Waals surface area contributed by atoms with Crippen molar-refractivity contribution in [2.75, 3.05) is 19.3 Å². The molecular weight excluding hydrogens is 190 g/mol. The van der Waals surface area contributed by atoms with E-state index >= 15 is 0 Å². The van der Waals surface area contributed by atoms with Gasteiger partial charge in [-0.1, -0.05) is 11.1 Å². The van der Waals surface area contributed by atoms with E-state index in [0.29, 0.717) is 0 Å². The van der Waals surface area contributed by atoms with Crippen LogP contribution in [0.15, 0.2) is 11.1 Å². The molecule has 0 fully saturated rings. The second-order valence-electron chi connectivity index (χ2n) is 3.64. The molecule has 4 nitrogen and oxygen atoms in total. The number of nitrogens with one attached hydrogen (secondary N) is 1. The van der Waals surface area contributed by atoms with Crippen molar-refractivity contribution in [3.05, 3.63) is 11.1 Å². The van der Waals surface area contributed by atoms with Gasteiger partial charge in [0.05, 0.1) is 12.4 Å². The van der Waals surface area contributed by atoms with Crippen molar-refractivity contribution in [3.8, 4) is 0 Å². The molecule has 0 aromatic heterocycles. The van der Waals surface area contributed by atoms with Gasteiger partial charge in [-0.25, -0.2) is 0 Å². The van der Waals surface area contributed by atoms with E-state index in [-0.39, 0.29) is 6.10 Å². The standard InChI is InChI=1S/C8H13NO3S/c1-13(10,11)12-8-2-6-4-9-5-7(6)3-8/h8-9H,2-5H2,1H3. The lowest BCUT2D eigenvalue weighted by atomic mass is 10.2. The second-order valence-corrected chi connectivity index (χ2v) is 5.24. The maximum atomic E-state index is 10.9. The predicted molar refractivity (Wildman–Crippen MR) is 48.8 cm³/mol. The van der Waals surface area contributed by atoms with E-state index in [1.165, 1.54) is 11.1 Å². The molecule has 0 aromatic rings. The molecule has 1 aliphatic carbocycles. The van der Waals surface area contributed by atoms with Crippen molar-refractivity contribution in [2.24, 2.45) is 0 Å². The van der Waals surface area contributed by atoms with Crippen molar-refractivity contribution in [2.45, 2.75) is 18.9 Å². The van der Waals surface area contributed by atoms with Crippen LogP contribution >= 0.6 is 0 Å². The van der Waals surface area contributed by atoms with Crippen LogP contribution in [0.25, 0.3) is 0 Å². The van der Waals surface area contributed by atoms with Crippen LogP contribution in [-0.2, 0) is 14.3 Å². The van der Waals surface area contributed by atoms with Gasteiger partial charge in [-0.3, -0.25) is 4.18 Å². The van der Waals surface area contributed by atoms with E-state index in [0.717, 1.165) is 32.2 Å². The normalized spacial score (nSPS) is 24.1. The van der Waals surface area contributed by atoms with Crippen LogP contribution in [0.4, 0.5) is 0 Å². The molecule has 0 bridgehead atoms. The zero-order valence-electron chi connectivity index (χ0n) is 7.54. The van der Waals surface area contributed by atoms with Gasteiger partial charge in [-0.2, -0.15) is 8.42 Å². The third kappa shape index (κ3) is 2.10. The maximum Gasteiger partial charge on any atom is 0.264 e. The lowest BCUT2D eigenvalue weighted by Gasteiger charge is -2.11. The molecule has 0 saturated carbocycles. The Morgan fingerprint density at radius 2 is 1.85 bits per heavy atom. The van der Waals surface area contributed by atoms with Gasteiger partial charge in [0.2, 0.25) is 0 Å². The Labute approximate surface area is 78.1 Å². The average molecular weight is 203 g/mol. The summed E-state index contributed by atoms with van der Waals surface area (Å²) in [5.74, 6) is 0. The Hall–Kier alpha value is -0.390. The molecular formula is C8H13NO3S. The highest BCUT2D eigenvalue weighted by atomic mass is 32.2. The highest BCUT2D eigenvalue weighted by molar-refractivity contribution is 7.86. The molecule has 1 aliphatic heterocycles. The van der Waals surface area contributed by atoms with Crippen molar-refractivity contribution in [3.63, 3.8) is 0 Å². The minimum absolute atomic E-state index is 0.137. The molecule has 0 spiro atoms. The largest absolute Gasteiger partial charge is 0.309 e. The summed E-state index contributed by atoms with van der Waals surface area (Å²) in [6.07, 6.45) is 2.52. The fraction of sp³-hybridized carbons (Fsp3) is 0.750. The quantitative estimate of drug-likeness (QED) is 0.508. The van der Waals surface area contributed by atoms with Crippen LogP contribution in [0.2, 0.25) is 0 Å². The van der Waals surface area contributed by atoms with E-state index in [9.17, 15) is 8.42 Å². The molecule has 2 rings (SSSR count). The van der Waals surface area contributed by atoms with Crippen LogP contribution in [0.3, 0.4) is 0 Å². The lowest BCUT2D eigenvalue weighted by Crippen LogP contribution is -2.19. The monoisotopic (exact) mass is 203 g/mol. The van der Waals surface area contributed by atoms with Crippen LogP contribution in [-0.4, -0.2) is 33.9 Å². The Balaban J connectivity index is 1.96. The Morgan fingerprint density at radius 1 is 1.31 bits per heavy atom. The van der Waals surface area contributed by atoms with Crippen LogP contribution in [0.1, 0.15) is 12.8 Å². The number of rotatable bonds is 2. The van der Waals surface area contributed by atoms with E-state index in [1.807, 2.05) is 0 Å². The summed E-state index contributed by atoms with van der Waals surface area (Å²) in [6.45, 7) is 1.80. The molecule has 0 aromatic carbocycles. The average Bonchev–Trinajstić information content (AvgIpc) is 2.40. The molecule has 0 saturated heterocycles. The van der Waals surface area contributed by atoms with E-state index in [4.69, 9.17) is 4.18 Å². The highest BCUT2D eigenvalue weighted by Gasteiger charge is 2.29. The van der Waals surface area contributed by atoms with Crippen molar-refractivity contribution in [1.29, 1.82) is 0 Å². The zero-order valence-corrected chi connectivity index (χ0v) is 8.36. The summed E-state index contributed by atoms with van der Waals surface area (Å²) in [7, 11) is -3.29. The first-order valence-corrected chi connectivity index (χ1v) is 6.15. The van der Waals surface area contributed by atoms with Gasteiger partial charge in [-0.05, 0) is 12.8 Å². The lowest BCUT2D eigenvalue weighted by molar-refractivity contribution is 0.220. The molecule has 1 N–H and O–H groups in total. The molecule has 0 radical (unpaired) electrons. The van der Waals surface area contributed by atoms with E-state index in [2.05, 4.69) is 5.32 Å². The summed E-state index contributed by atoms with van der Waals surface area (Å²) < 4.78 is 26.6. The van der Waals surface area contributed by atoms with Gasteiger partial charge in [0.25, 0.3) is 10.1 Å². The van der Waals surface area contributed by atoms with Crippen LogP contribution < -0.4 is 5.32 Å². The molecule has 13 heavy (non-hydrogen) atoms.